The highest BCUT2D eigenvalue weighted by molar-refractivity contribution is 6.32. The molecule has 4 rings (SSSR count). The summed E-state index contributed by atoms with van der Waals surface area (Å²) in [7, 11) is 0. The van der Waals surface area contributed by atoms with Crippen molar-refractivity contribution in [3.05, 3.63) is 76.6 Å². The zero-order chi connectivity index (χ0) is 26.8. The molecule has 0 atom stereocenters. The van der Waals surface area contributed by atoms with E-state index in [2.05, 4.69) is 44.1 Å². The van der Waals surface area contributed by atoms with Gasteiger partial charge in [-0.05, 0) is 82.9 Å². The molecule has 1 aromatic heterocycles. The van der Waals surface area contributed by atoms with E-state index in [-0.39, 0.29) is 22.8 Å². The van der Waals surface area contributed by atoms with E-state index < -0.39 is 0 Å². The van der Waals surface area contributed by atoms with E-state index in [0.717, 1.165) is 12.8 Å². The number of halogens is 1. The number of nitrogens with zero attached hydrogens (tertiary/aromatic N) is 3. The molecule has 0 radical (unpaired) electrons. The Morgan fingerprint density at radius 1 is 1.05 bits per heavy atom. The average Bonchev–Trinajstić information content (AvgIpc) is 2.83. The Balaban J connectivity index is 1.53. The topological polar surface area (TPSA) is 98.8 Å². The van der Waals surface area contributed by atoms with Gasteiger partial charge in [-0.2, -0.15) is 10.5 Å². The molecule has 2 aromatic carbocycles. The first-order valence-corrected chi connectivity index (χ1v) is 12.6. The molecule has 1 N–H and O–H groups in total. The molecule has 7 heteroatoms. The maximum atomic E-state index is 13.1. The molecule has 0 unspecified atom stereocenters. The Morgan fingerprint density at radius 3 is 2.38 bits per heavy atom. The van der Waals surface area contributed by atoms with Gasteiger partial charge in [-0.3, -0.25) is 4.79 Å². The molecule has 3 aromatic rings. The van der Waals surface area contributed by atoms with Gasteiger partial charge in [0.25, 0.3) is 0 Å². The van der Waals surface area contributed by atoms with Crippen molar-refractivity contribution in [3.63, 3.8) is 0 Å². The van der Waals surface area contributed by atoms with Crippen LogP contribution in [0, 0.1) is 28.6 Å². The SMILES string of the molecule is CC1(C)CC(CC(=O)c2ccc(Oc3cccc(-c4ccc(C#N)nc4)c3C#N)c(Cl)c2)CC(C)(C)N1. The van der Waals surface area contributed by atoms with Crippen molar-refractivity contribution >= 4 is 17.4 Å². The molecular weight excluding hydrogens is 484 g/mol. The van der Waals surface area contributed by atoms with Crippen LogP contribution < -0.4 is 10.1 Å². The maximum Gasteiger partial charge on any atom is 0.163 e. The first-order chi connectivity index (χ1) is 17.5. The number of hydrogen-bond acceptors (Lipinski definition) is 6. The molecular formula is C30H29ClN4O2. The van der Waals surface area contributed by atoms with Crippen molar-refractivity contribution in [2.75, 3.05) is 0 Å². The van der Waals surface area contributed by atoms with Crippen LogP contribution in [0.4, 0.5) is 0 Å². The second-order valence-electron chi connectivity index (χ2n) is 10.9. The quantitative estimate of drug-likeness (QED) is 0.355. The van der Waals surface area contributed by atoms with Crippen LogP contribution in [0.3, 0.4) is 0 Å². The molecule has 37 heavy (non-hydrogen) atoms. The van der Waals surface area contributed by atoms with Gasteiger partial charge in [-0.1, -0.05) is 23.7 Å². The average molecular weight is 513 g/mol. The van der Waals surface area contributed by atoms with Crippen LogP contribution in [-0.2, 0) is 0 Å². The zero-order valence-corrected chi connectivity index (χ0v) is 22.2. The number of aromatic nitrogens is 1. The summed E-state index contributed by atoms with van der Waals surface area (Å²) in [5.41, 5.74) is 2.44. The van der Waals surface area contributed by atoms with Crippen LogP contribution in [-0.4, -0.2) is 21.8 Å². The molecule has 0 amide bonds. The molecule has 0 saturated carbocycles. The lowest BCUT2D eigenvalue weighted by molar-refractivity contribution is 0.0864. The van der Waals surface area contributed by atoms with Crippen molar-refractivity contribution < 1.29 is 9.53 Å². The number of nitrogens with one attached hydrogen (secondary N) is 1. The predicted octanol–water partition coefficient (Wildman–Crippen LogP) is 7.07. The summed E-state index contributed by atoms with van der Waals surface area (Å²) in [5.74, 6) is 1.03. The third-order valence-electron chi connectivity index (χ3n) is 6.55. The van der Waals surface area contributed by atoms with Crippen LogP contribution in [0.25, 0.3) is 11.1 Å². The number of rotatable bonds is 6. The van der Waals surface area contributed by atoms with Crippen molar-refractivity contribution in [1.82, 2.24) is 10.3 Å². The summed E-state index contributed by atoms with van der Waals surface area (Å²) in [6.07, 6.45) is 3.87. The molecule has 0 aliphatic carbocycles. The van der Waals surface area contributed by atoms with Crippen molar-refractivity contribution in [2.24, 2.45) is 5.92 Å². The van der Waals surface area contributed by atoms with Crippen LogP contribution in [0.1, 0.15) is 68.6 Å². The minimum atomic E-state index is -0.0250. The fourth-order valence-electron chi connectivity index (χ4n) is 5.52. The lowest BCUT2D eigenvalue weighted by atomic mass is 9.74. The normalized spacial score (nSPS) is 16.4. The summed E-state index contributed by atoms with van der Waals surface area (Å²) in [4.78, 5) is 17.2. The van der Waals surface area contributed by atoms with E-state index in [4.69, 9.17) is 21.6 Å². The minimum Gasteiger partial charge on any atom is -0.454 e. The van der Waals surface area contributed by atoms with E-state index >= 15 is 0 Å². The Morgan fingerprint density at radius 2 is 1.78 bits per heavy atom. The zero-order valence-electron chi connectivity index (χ0n) is 21.4. The Kier molecular flexibility index (Phi) is 7.37. The highest BCUT2D eigenvalue weighted by Gasteiger charge is 2.38. The van der Waals surface area contributed by atoms with Crippen molar-refractivity contribution in [1.29, 1.82) is 10.5 Å². The number of piperidine rings is 1. The predicted molar refractivity (Wildman–Crippen MR) is 144 cm³/mol. The van der Waals surface area contributed by atoms with Crippen molar-refractivity contribution in [3.8, 4) is 34.8 Å². The van der Waals surface area contributed by atoms with E-state index in [0.29, 0.717) is 50.9 Å². The fourth-order valence-corrected chi connectivity index (χ4v) is 5.74. The van der Waals surface area contributed by atoms with Gasteiger partial charge in [0, 0.05) is 40.4 Å². The molecule has 0 spiro atoms. The van der Waals surface area contributed by atoms with Gasteiger partial charge in [0.15, 0.2) is 5.78 Å². The monoisotopic (exact) mass is 512 g/mol. The number of Topliss-reactive ketones (excluding diaryl/α,β-unsaturated/α-hetero) is 1. The number of ether oxygens (including phenoxy) is 1. The van der Waals surface area contributed by atoms with Gasteiger partial charge < -0.3 is 10.1 Å². The molecule has 1 saturated heterocycles. The molecule has 6 nitrogen and oxygen atoms in total. The molecule has 1 fully saturated rings. The number of pyridine rings is 1. The number of benzene rings is 2. The third kappa shape index (κ3) is 6.17. The maximum absolute atomic E-state index is 13.1. The highest BCUT2D eigenvalue weighted by Crippen LogP contribution is 2.38. The number of ketones is 1. The van der Waals surface area contributed by atoms with Gasteiger partial charge in [-0.15, -0.1) is 0 Å². The minimum absolute atomic E-state index is 0.0250. The van der Waals surface area contributed by atoms with Crippen molar-refractivity contribution in [2.45, 2.75) is 58.0 Å². The van der Waals surface area contributed by atoms with Crippen LogP contribution in [0.15, 0.2) is 54.7 Å². The molecule has 2 heterocycles. The van der Waals surface area contributed by atoms with Gasteiger partial charge in [0.1, 0.15) is 34.9 Å². The standard InChI is InChI=1S/C30H29ClN4O2/c1-29(2)14-19(15-30(3,4)35-29)12-26(36)20-9-11-28(25(31)13-20)37-27-7-5-6-23(24(27)17-33)21-8-10-22(16-32)34-18-21/h5-11,13,18-19,35H,12,14-15H2,1-4H3. The van der Waals surface area contributed by atoms with Gasteiger partial charge in [0.05, 0.1) is 5.02 Å². The first-order valence-electron chi connectivity index (χ1n) is 12.2. The molecule has 1 aliphatic rings. The fraction of sp³-hybridized carbons (Fsp3) is 0.333. The number of carbonyl (C=O) groups is 1. The second-order valence-corrected chi connectivity index (χ2v) is 11.3. The summed E-state index contributed by atoms with van der Waals surface area (Å²) >= 11 is 6.53. The van der Waals surface area contributed by atoms with Gasteiger partial charge in [-0.25, -0.2) is 4.98 Å². The molecule has 188 valence electrons. The highest BCUT2D eigenvalue weighted by atomic mass is 35.5. The Hall–Kier alpha value is -3.71. The summed E-state index contributed by atoms with van der Waals surface area (Å²) < 4.78 is 6.03. The second kappa shape index (κ2) is 10.3. The van der Waals surface area contributed by atoms with Gasteiger partial charge >= 0.3 is 0 Å². The Labute approximate surface area is 222 Å². The van der Waals surface area contributed by atoms with Crippen LogP contribution >= 0.6 is 11.6 Å². The Bertz CT molecular complexity index is 1400. The third-order valence-corrected chi connectivity index (χ3v) is 6.85. The molecule has 1 aliphatic heterocycles. The summed E-state index contributed by atoms with van der Waals surface area (Å²) in [6.45, 7) is 8.71. The smallest absolute Gasteiger partial charge is 0.163 e. The number of carbonyl (C=O) groups excluding carboxylic acids is 1. The van der Waals surface area contributed by atoms with E-state index in [1.807, 2.05) is 6.07 Å². The summed E-state index contributed by atoms with van der Waals surface area (Å²) in [5, 5.41) is 22.8. The largest absolute Gasteiger partial charge is 0.454 e. The molecule has 0 bridgehead atoms. The van der Waals surface area contributed by atoms with Crippen LogP contribution in [0.5, 0.6) is 11.5 Å². The lowest BCUT2D eigenvalue weighted by Crippen LogP contribution is -2.57. The van der Waals surface area contributed by atoms with Gasteiger partial charge in [0.2, 0.25) is 0 Å². The number of hydrogen-bond donors (Lipinski definition) is 1. The van der Waals surface area contributed by atoms with E-state index in [1.54, 1.807) is 54.7 Å². The van der Waals surface area contributed by atoms with E-state index in [1.165, 1.54) is 0 Å². The summed E-state index contributed by atoms with van der Waals surface area (Å²) in [6, 6.07) is 17.8. The number of nitriles is 2. The van der Waals surface area contributed by atoms with E-state index in [9.17, 15) is 10.1 Å². The first kappa shape index (κ1) is 26.4. The van der Waals surface area contributed by atoms with Crippen LogP contribution in [0.2, 0.25) is 5.02 Å². The lowest BCUT2D eigenvalue weighted by Gasteiger charge is -2.46.